The third-order valence-corrected chi connectivity index (χ3v) is 11.5. The number of hydrogen-bond donors (Lipinski definition) is 4. The standard InChI is InChI=1S/C42H66N6O6/c1-27(2)30-24-32(36(51)44-31(33(49)35(43)50)23-16-12-13-18-28-21-17-22-28)48(26-30)37(52)34(40(3,4)5)45-39(54)46-42(9,41(6,7)8)38(53)47(10)25-29-19-14-11-15-20-29/h11,14-16,19-20,23,27-28,30-32,34H,12-13,17-18,21-22,24-26H2,1-10H3,(H2,43,50)(H,44,51)(H2,45,46,54)/t30-,31?,32+,34-,42+/m1/s1. The first-order valence-electron chi connectivity index (χ1n) is 19.6. The van der Waals surface area contributed by atoms with Gasteiger partial charge in [0.25, 0.3) is 5.91 Å². The first-order chi connectivity index (χ1) is 25.1. The van der Waals surface area contributed by atoms with Gasteiger partial charge >= 0.3 is 6.03 Å². The van der Waals surface area contributed by atoms with Crippen molar-refractivity contribution in [1.82, 2.24) is 25.8 Å². The molecule has 1 heterocycles. The number of nitrogens with zero attached hydrogens (tertiary/aromatic N) is 2. The minimum Gasteiger partial charge on any atom is -0.363 e. The third kappa shape index (κ3) is 11.4. The van der Waals surface area contributed by atoms with Gasteiger partial charge < -0.3 is 31.5 Å². The number of carbonyl (C=O) groups excluding carboxylic acids is 6. The Morgan fingerprint density at radius 1 is 0.963 bits per heavy atom. The molecule has 2 fully saturated rings. The first-order valence-corrected chi connectivity index (χ1v) is 19.6. The van der Waals surface area contributed by atoms with Crippen molar-refractivity contribution in [3.05, 3.63) is 48.0 Å². The summed E-state index contributed by atoms with van der Waals surface area (Å²) in [6, 6.07) is 5.57. The Hall–Kier alpha value is -4.22. The van der Waals surface area contributed by atoms with Gasteiger partial charge in [0.05, 0.1) is 0 Å². The maximum atomic E-state index is 14.5. The van der Waals surface area contributed by atoms with E-state index in [4.69, 9.17) is 5.73 Å². The number of rotatable bonds is 16. The number of amides is 6. The largest absolute Gasteiger partial charge is 0.363 e. The SMILES string of the molecule is CC(C)[C@@H]1C[C@@H](C(=O)NC(C=CCCCC2CCC2)C(=O)C(N)=O)N(C(=O)[C@@H](NC(=O)N[C@@](C)(C(=O)N(C)Cc2ccccc2)C(C)(C)C)C(C)(C)C)C1. The van der Waals surface area contributed by atoms with Crippen molar-refractivity contribution < 1.29 is 28.8 Å². The number of benzene rings is 1. The molecule has 0 spiro atoms. The van der Waals surface area contributed by atoms with Gasteiger partial charge in [-0.05, 0) is 60.3 Å². The monoisotopic (exact) mass is 751 g/mol. The smallest absolute Gasteiger partial charge is 0.316 e. The molecular formula is C42H66N6O6. The topological polar surface area (TPSA) is 171 Å². The summed E-state index contributed by atoms with van der Waals surface area (Å²) in [5, 5.41) is 8.49. The molecule has 1 unspecified atom stereocenters. The molecule has 300 valence electrons. The maximum absolute atomic E-state index is 14.5. The highest BCUT2D eigenvalue weighted by Crippen LogP contribution is 2.34. The van der Waals surface area contributed by atoms with Crippen LogP contribution in [0.2, 0.25) is 0 Å². The summed E-state index contributed by atoms with van der Waals surface area (Å²) >= 11 is 0. The zero-order chi connectivity index (χ0) is 40.6. The minimum atomic E-state index is -1.36. The van der Waals surface area contributed by atoms with Crippen LogP contribution in [0.3, 0.4) is 0 Å². The molecule has 0 aromatic heterocycles. The lowest BCUT2D eigenvalue weighted by Crippen LogP contribution is -2.67. The normalized spacial score (nSPS) is 20.1. The molecular weight excluding hydrogens is 684 g/mol. The van der Waals surface area contributed by atoms with Crippen LogP contribution in [0.15, 0.2) is 42.5 Å². The Bertz CT molecular complexity index is 1530. The number of primary amides is 1. The van der Waals surface area contributed by atoms with Gasteiger partial charge in [-0.2, -0.15) is 0 Å². The van der Waals surface area contributed by atoms with E-state index in [1.165, 1.54) is 30.2 Å². The van der Waals surface area contributed by atoms with E-state index in [1.54, 1.807) is 24.9 Å². The number of Topliss-reactive ketones (excluding diaryl/α,β-unsaturated/α-hetero) is 1. The highest BCUT2D eigenvalue weighted by molar-refractivity contribution is 6.38. The molecule has 0 bridgehead atoms. The van der Waals surface area contributed by atoms with E-state index in [-0.39, 0.29) is 24.3 Å². The van der Waals surface area contributed by atoms with Crippen molar-refractivity contribution in [2.75, 3.05) is 13.6 Å². The lowest BCUT2D eigenvalue weighted by atomic mass is 9.73. The Balaban J connectivity index is 1.83. The van der Waals surface area contributed by atoms with Gasteiger partial charge in [-0.3, -0.25) is 24.0 Å². The van der Waals surface area contributed by atoms with Crippen molar-refractivity contribution in [1.29, 1.82) is 0 Å². The second-order valence-electron chi connectivity index (χ2n) is 18.0. The van der Waals surface area contributed by atoms with Gasteiger partial charge in [-0.25, -0.2) is 4.79 Å². The highest BCUT2D eigenvalue weighted by Gasteiger charge is 2.49. The van der Waals surface area contributed by atoms with E-state index in [2.05, 4.69) is 16.0 Å². The van der Waals surface area contributed by atoms with Gasteiger partial charge in [-0.1, -0.05) is 124 Å². The second kappa shape index (κ2) is 18.4. The summed E-state index contributed by atoms with van der Waals surface area (Å²) in [4.78, 5) is 84.3. The number of urea groups is 1. The van der Waals surface area contributed by atoms with Gasteiger partial charge in [-0.15, -0.1) is 0 Å². The molecule has 1 saturated heterocycles. The number of likely N-dealkylation sites (tertiary alicyclic amines) is 1. The van der Waals surface area contributed by atoms with Crippen molar-refractivity contribution in [3.63, 3.8) is 0 Å². The third-order valence-electron chi connectivity index (χ3n) is 11.5. The summed E-state index contributed by atoms with van der Waals surface area (Å²) in [7, 11) is 1.69. The highest BCUT2D eigenvalue weighted by atomic mass is 16.2. The molecule has 12 nitrogen and oxygen atoms in total. The van der Waals surface area contributed by atoms with Crippen LogP contribution < -0.4 is 21.7 Å². The number of allylic oxidation sites excluding steroid dienone is 1. The predicted molar refractivity (Wildman–Crippen MR) is 211 cm³/mol. The van der Waals surface area contributed by atoms with Crippen LogP contribution in [0.25, 0.3) is 0 Å². The van der Waals surface area contributed by atoms with Crippen molar-refractivity contribution in [2.24, 2.45) is 34.3 Å². The Morgan fingerprint density at radius 2 is 1.59 bits per heavy atom. The zero-order valence-corrected chi connectivity index (χ0v) is 34.3. The Morgan fingerprint density at radius 3 is 2.11 bits per heavy atom. The molecule has 2 aliphatic rings. The Kier molecular flexibility index (Phi) is 15.1. The van der Waals surface area contributed by atoms with Crippen LogP contribution >= 0.6 is 0 Å². The molecule has 54 heavy (non-hydrogen) atoms. The summed E-state index contributed by atoms with van der Waals surface area (Å²) in [6.45, 7) is 17.4. The average molecular weight is 751 g/mol. The first kappa shape index (κ1) is 44.2. The van der Waals surface area contributed by atoms with Crippen LogP contribution in [-0.2, 0) is 30.5 Å². The van der Waals surface area contributed by atoms with E-state index in [1.807, 2.05) is 85.7 Å². The van der Waals surface area contributed by atoms with Crippen LogP contribution in [0, 0.1) is 28.6 Å². The van der Waals surface area contributed by atoms with Crippen LogP contribution in [-0.4, -0.2) is 82.5 Å². The van der Waals surface area contributed by atoms with Gasteiger partial charge in [0.15, 0.2) is 0 Å². The maximum Gasteiger partial charge on any atom is 0.316 e. The molecule has 1 aromatic rings. The van der Waals surface area contributed by atoms with Crippen molar-refractivity contribution >= 4 is 35.4 Å². The number of carbonyl (C=O) groups is 6. The van der Waals surface area contributed by atoms with E-state index in [9.17, 15) is 28.8 Å². The number of likely N-dealkylation sites (N-methyl/N-ethyl adjacent to an activating group) is 1. The van der Waals surface area contributed by atoms with E-state index in [0.717, 1.165) is 24.3 Å². The summed E-state index contributed by atoms with van der Waals surface area (Å²) in [5.41, 5.74) is 3.42. The Labute approximate surface area is 322 Å². The fourth-order valence-corrected chi connectivity index (χ4v) is 7.07. The second-order valence-corrected chi connectivity index (χ2v) is 18.0. The van der Waals surface area contributed by atoms with Gasteiger partial charge in [0.2, 0.25) is 23.5 Å². The number of unbranched alkanes of at least 4 members (excludes halogenated alkanes) is 1. The molecule has 5 N–H and O–H groups in total. The molecule has 1 aromatic carbocycles. The van der Waals surface area contributed by atoms with E-state index >= 15 is 0 Å². The van der Waals surface area contributed by atoms with Crippen LogP contribution in [0.1, 0.15) is 113 Å². The minimum absolute atomic E-state index is 0.0339. The summed E-state index contributed by atoms with van der Waals surface area (Å²) in [5.74, 6) is -2.59. The number of nitrogens with one attached hydrogen (secondary N) is 3. The number of ketones is 1. The lowest BCUT2D eigenvalue weighted by molar-refractivity contribution is -0.143. The van der Waals surface area contributed by atoms with Gasteiger partial charge in [0.1, 0.15) is 23.7 Å². The fourth-order valence-electron chi connectivity index (χ4n) is 7.07. The quantitative estimate of drug-likeness (QED) is 0.104. The molecule has 5 atom stereocenters. The molecule has 1 saturated carbocycles. The molecule has 1 aliphatic carbocycles. The summed E-state index contributed by atoms with van der Waals surface area (Å²) < 4.78 is 0. The molecule has 1 aliphatic heterocycles. The zero-order valence-electron chi connectivity index (χ0n) is 34.3. The molecule has 3 rings (SSSR count). The average Bonchev–Trinajstić information content (AvgIpc) is 3.52. The lowest BCUT2D eigenvalue weighted by Gasteiger charge is -2.44. The van der Waals surface area contributed by atoms with E-state index in [0.29, 0.717) is 19.4 Å². The number of nitrogens with two attached hydrogens (primary N) is 1. The molecule has 0 radical (unpaired) electrons. The molecule has 12 heteroatoms. The predicted octanol–water partition coefficient (Wildman–Crippen LogP) is 5.10. The van der Waals surface area contributed by atoms with E-state index < -0.39 is 64.0 Å². The fraction of sp³-hybridized carbons (Fsp3) is 0.667. The van der Waals surface area contributed by atoms with Gasteiger partial charge in [0, 0.05) is 20.1 Å². The van der Waals surface area contributed by atoms with Crippen molar-refractivity contribution in [3.8, 4) is 0 Å². The van der Waals surface area contributed by atoms with Crippen LogP contribution in [0.4, 0.5) is 4.79 Å². The molecule has 6 amide bonds. The van der Waals surface area contributed by atoms with Crippen molar-refractivity contribution in [2.45, 2.75) is 137 Å². The van der Waals surface area contributed by atoms with Crippen LogP contribution in [0.5, 0.6) is 0 Å². The summed E-state index contributed by atoms with van der Waals surface area (Å²) in [6.07, 6.45) is 10.1. The number of hydrogen-bond acceptors (Lipinski definition) is 6.